The van der Waals surface area contributed by atoms with Crippen molar-refractivity contribution < 1.29 is 9.21 Å². The number of carbonyl (C=O) groups excluding carboxylic acids is 1. The van der Waals surface area contributed by atoms with E-state index in [1.165, 1.54) is 0 Å². The lowest BCUT2D eigenvalue weighted by atomic mass is 9.76. The summed E-state index contributed by atoms with van der Waals surface area (Å²) < 4.78 is 5.67. The zero-order valence-corrected chi connectivity index (χ0v) is 11.6. The number of ketones is 1. The van der Waals surface area contributed by atoms with Gasteiger partial charge in [0.05, 0.1) is 0 Å². The molecule has 100 valence electrons. The molecule has 0 unspecified atom stereocenters. The van der Waals surface area contributed by atoms with Crippen molar-refractivity contribution in [3.63, 3.8) is 0 Å². The summed E-state index contributed by atoms with van der Waals surface area (Å²) in [4.78, 5) is 12.6. The molecule has 4 heteroatoms. The molecule has 2 aromatic rings. The van der Waals surface area contributed by atoms with Crippen LogP contribution >= 0.6 is 11.6 Å². The van der Waals surface area contributed by atoms with Crippen LogP contribution in [0.1, 0.15) is 30.3 Å². The number of benzene rings is 1. The second-order valence-electron chi connectivity index (χ2n) is 5.43. The van der Waals surface area contributed by atoms with Crippen molar-refractivity contribution in [2.75, 3.05) is 13.1 Å². The number of rotatable bonds is 2. The van der Waals surface area contributed by atoms with Crippen LogP contribution in [0.4, 0.5) is 0 Å². The zero-order chi connectivity index (χ0) is 13.5. The SMILES string of the molecule is CC1(C(=O)c2cc3cc(Cl)ccc3o2)CCNCC1. The van der Waals surface area contributed by atoms with Crippen LogP contribution in [0.5, 0.6) is 0 Å². The molecule has 0 bridgehead atoms. The largest absolute Gasteiger partial charge is 0.453 e. The molecule has 1 fully saturated rings. The van der Waals surface area contributed by atoms with Gasteiger partial charge in [-0.15, -0.1) is 0 Å². The highest BCUT2D eigenvalue weighted by Crippen LogP contribution is 2.34. The summed E-state index contributed by atoms with van der Waals surface area (Å²) >= 11 is 5.95. The highest BCUT2D eigenvalue weighted by molar-refractivity contribution is 6.31. The van der Waals surface area contributed by atoms with Gasteiger partial charge in [-0.25, -0.2) is 0 Å². The molecule has 0 aliphatic carbocycles. The number of hydrogen-bond acceptors (Lipinski definition) is 3. The minimum atomic E-state index is -0.317. The molecule has 1 aromatic carbocycles. The quantitative estimate of drug-likeness (QED) is 0.852. The van der Waals surface area contributed by atoms with Crippen molar-refractivity contribution >= 4 is 28.4 Å². The standard InChI is InChI=1S/C15H16ClNO2/c1-15(4-6-17-7-5-15)14(18)13-9-10-8-11(16)2-3-12(10)19-13/h2-3,8-9,17H,4-7H2,1H3. The molecule has 1 aliphatic rings. The van der Waals surface area contributed by atoms with Gasteiger partial charge in [0.2, 0.25) is 5.78 Å². The van der Waals surface area contributed by atoms with Gasteiger partial charge in [-0.3, -0.25) is 4.79 Å². The maximum Gasteiger partial charge on any atom is 0.203 e. The molecule has 1 aliphatic heterocycles. The first kappa shape index (κ1) is 12.7. The van der Waals surface area contributed by atoms with E-state index in [-0.39, 0.29) is 11.2 Å². The Kier molecular flexibility index (Phi) is 3.11. The molecule has 0 atom stereocenters. The number of piperidine rings is 1. The summed E-state index contributed by atoms with van der Waals surface area (Å²) in [5.74, 6) is 0.544. The Hall–Kier alpha value is -1.32. The van der Waals surface area contributed by atoms with Crippen LogP contribution in [0, 0.1) is 5.41 Å². The zero-order valence-electron chi connectivity index (χ0n) is 10.8. The van der Waals surface area contributed by atoms with Gasteiger partial charge in [-0.2, -0.15) is 0 Å². The number of furan rings is 1. The second kappa shape index (κ2) is 4.66. The first-order chi connectivity index (χ1) is 9.08. The molecule has 0 amide bonds. The molecule has 1 aromatic heterocycles. The molecule has 1 N–H and O–H groups in total. The predicted octanol–water partition coefficient (Wildman–Crippen LogP) is 3.66. The molecule has 0 radical (unpaired) electrons. The molecule has 1 saturated heterocycles. The van der Waals surface area contributed by atoms with Crippen LogP contribution < -0.4 is 5.32 Å². The summed E-state index contributed by atoms with van der Waals surface area (Å²) in [6, 6.07) is 7.20. The lowest BCUT2D eigenvalue weighted by Gasteiger charge is -2.31. The summed E-state index contributed by atoms with van der Waals surface area (Å²) in [6.07, 6.45) is 1.70. The number of fused-ring (bicyclic) bond motifs is 1. The van der Waals surface area contributed by atoms with Crippen LogP contribution in [0.25, 0.3) is 11.0 Å². The van der Waals surface area contributed by atoms with Crippen molar-refractivity contribution in [3.8, 4) is 0 Å². The second-order valence-corrected chi connectivity index (χ2v) is 5.87. The van der Waals surface area contributed by atoms with E-state index in [2.05, 4.69) is 5.32 Å². The average Bonchev–Trinajstić information content (AvgIpc) is 2.81. The van der Waals surface area contributed by atoms with Crippen LogP contribution in [-0.2, 0) is 0 Å². The lowest BCUT2D eigenvalue weighted by molar-refractivity contribution is 0.0734. The first-order valence-corrected chi connectivity index (χ1v) is 6.91. The van der Waals surface area contributed by atoms with Crippen molar-refractivity contribution in [1.82, 2.24) is 5.32 Å². The van der Waals surface area contributed by atoms with E-state index < -0.39 is 0 Å². The minimum Gasteiger partial charge on any atom is -0.453 e. The van der Waals surface area contributed by atoms with Gasteiger partial charge in [0, 0.05) is 15.8 Å². The van der Waals surface area contributed by atoms with E-state index in [1.54, 1.807) is 18.2 Å². The smallest absolute Gasteiger partial charge is 0.203 e. The highest BCUT2D eigenvalue weighted by atomic mass is 35.5. The number of nitrogens with one attached hydrogen (secondary N) is 1. The van der Waals surface area contributed by atoms with Gasteiger partial charge >= 0.3 is 0 Å². The topological polar surface area (TPSA) is 42.2 Å². The van der Waals surface area contributed by atoms with Crippen molar-refractivity contribution in [2.45, 2.75) is 19.8 Å². The third-order valence-electron chi connectivity index (χ3n) is 3.96. The van der Waals surface area contributed by atoms with Gasteiger partial charge in [-0.1, -0.05) is 18.5 Å². The summed E-state index contributed by atoms with van der Waals surface area (Å²) in [6.45, 7) is 3.79. The number of hydrogen-bond donors (Lipinski definition) is 1. The monoisotopic (exact) mass is 277 g/mol. The molecule has 19 heavy (non-hydrogen) atoms. The summed E-state index contributed by atoms with van der Waals surface area (Å²) in [5, 5.41) is 4.82. The number of halogens is 1. The maximum absolute atomic E-state index is 12.6. The fraction of sp³-hybridized carbons (Fsp3) is 0.400. The van der Waals surface area contributed by atoms with Crippen LogP contribution in [0.2, 0.25) is 5.02 Å². The van der Waals surface area contributed by atoms with E-state index in [1.807, 2.05) is 13.0 Å². The fourth-order valence-corrected chi connectivity index (χ4v) is 2.81. The van der Waals surface area contributed by atoms with E-state index >= 15 is 0 Å². The minimum absolute atomic E-state index is 0.0984. The van der Waals surface area contributed by atoms with Gasteiger partial charge in [0.15, 0.2) is 5.76 Å². The first-order valence-electron chi connectivity index (χ1n) is 6.53. The molecule has 3 nitrogen and oxygen atoms in total. The van der Waals surface area contributed by atoms with E-state index in [9.17, 15) is 4.79 Å². The lowest BCUT2D eigenvalue weighted by Crippen LogP contribution is -2.39. The Morgan fingerprint density at radius 2 is 2.05 bits per heavy atom. The Morgan fingerprint density at radius 3 is 2.79 bits per heavy atom. The highest BCUT2D eigenvalue weighted by Gasteiger charge is 2.36. The third kappa shape index (κ3) is 2.28. The van der Waals surface area contributed by atoms with Crippen LogP contribution in [0.15, 0.2) is 28.7 Å². The molecule has 2 heterocycles. The maximum atomic E-state index is 12.6. The van der Waals surface area contributed by atoms with Crippen molar-refractivity contribution in [3.05, 3.63) is 35.0 Å². The summed E-state index contributed by atoms with van der Waals surface area (Å²) in [5.41, 5.74) is 0.397. The molecular formula is C15H16ClNO2. The third-order valence-corrected chi connectivity index (χ3v) is 4.19. The molecule has 0 spiro atoms. The number of carbonyl (C=O) groups is 1. The van der Waals surface area contributed by atoms with Crippen molar-refractivity contribution in [2.24, 2.45) is 5.41 Å². The number of Topliss-reactive ketones (excluding diaryl/α,β-unsaturated/α-hetero) is 1. The molecular weight excluding hydrogens is 262 g/mol. The average molecular weight is 278 g/mol. The van der Waals surface area contributed by atoms with Crippen LogP contribution in [0.3, 0.4) is 0 Å². The fourth-order valence-electron chi connectivity index (χ4n) is 2.63. The van der Waals surface area contributed by atoms with Gasteiger partial charge in [-0.05, 0) is 50.2 Å². The van der Waals surface area contributed by atoms with Crippen LogP contribution in [-0.4, -0.2) is 18.9 Å². The van der Waals surface area contributed by atoms with E-state index in [0.29, 0.717) is 16.4 Å². The summed E-state index contributed by atoms with van der Waals surface area (Å²) in [7, 11) is 0. The Balaban J connectivity index is 1.97. The Labute approximate surface area is 116 Å². The van der Waals surface area contributed by atoms with Gasteiger partial charge < -0.3 is 9.73 Å². The van der Waals surface area contributed by atoms with Gasteiger partial charge in [0.25, 0.3) is 0 Å². The molecule has 0 saturated carbocycles. The predicted molar refractivity (Wildman–Crippen MR) is 75.8 cm³/mol. The normalized spacial score (nSPS) is 18.6. The Morgan fingerprint density at radius 1 is 1.32 bits per heavy atom. The van der Waals surface area contributed by atoms with Crippen molar-refractivity contribution in [1.29, 1.82) is 0 Å². The van der Waals surface area contributed by atoms with E-state index in [0.717, 1.165) is 31.3 Å². The molecule has 3 rings (SSSR count). The van der Waals surface area contributed by atoms with Gasteiger partial charge in [0.1, 0.15) is 5.58 Å². The van der Waals surface area contributed by atoms with E-state index in [4.69, 9.17) is 16.0 Å². The Bertz CT molecular complexity index is 626.